The summed E-state index contributed by atoms with van der Waals surface area (Å²) in [4.78, 5) is 11.6. The molecule has 120 valence electrons. The molecule has 1 unspecified atom stereocenters. The monoisotopic (exact) mass is 346 g/mol. The third-order valence-corrected chi connectivity index (χ3v) is 3.35. The van der Waals surface area contributed by atoms with Crippen LogP contribution in [0, 0.1) is 0 Å². The Bertz CT molecular complexity index is 684. The molecule has 1 atom stereocenters. The van der Waals surface area contributed by atoms with E-state index >= 15 is 0 Å². The van der Waals surface area contributed by atoms with Crippen LogP contribution < -0.4 is 10.5 Å². The number of nitrogens with zero attached hydrogens (tertiary/aromatic N) is 2. The van der Waals surface area contributed by atoms with Crippen LogP contribution in [-0.2, 0) is 13.0 Å². The molecule has 1 aromatic carbocycles. The van der Waals surface area contributed by atoms with Crippen molar-refractivity contribution in [2.24, 2.45) is 0 Å². The molecule has 0 aliphatic rings. The Hall–Kier alpha value is -1.50. The summed E-state index contributed by atoms with van der Waals surface area (Å²) in [5.41, 5.74) is 0. The highest BCUT2D eigenvalue weighted by Gasteiger charge is 2.13. The molecule has 2 aromatic rings. The number of ether oxygens (including phenoxy) is 1. The largest absolute Gasteiger partial charge is 0.489 e. The van der Waals surface area contributed by atoms with Gasteiger partial charge in [0, 0.05) is 11.4 Å². The van der Waals surface area contributed by atoms with Crippen molar-refractivity contribution < 1.29 is 14.3 Å². The lowest BCUT2D eigenvalue weighted by atomic mass is 10.3. The Balaban J connectivity index is 1.92. The van der Waals surface area contributed by atoms with Crippen molar-refractivity contribution in [3.05, 3.63) is 44.7 Å². The highest BCUT2D eigenvalue weighted by atomic mass is 35.5. The molecule has 0 amide bonds. The minimum atomic E-state index is -0.927. The Kier molecular flexibility index (Phi) is 5.88. The molecular formula is C14H16Cl2N2O4. The Labute approximate surface area is 137 Å². The topological polar surface area (TPSA) is 77.5 Å². The van der Waals surface area contributed by atoms with Gasteiger partial charge in [-0.25, -0.2) is 4.79 Å². The lowest BCUT2D eigenvalue weighted by Gasteiger charge is -2.12. The number of aryl methyl sites for hydroxylation is 1. The van der Waals surface area contributed by atoms with Gasteiger partial charge in [-0.2, -0.15) is 4.68 Å². The van der Waals surface area contributed by atoms with Crippen LogP contribution in [0.2, 0.25) is 10.0 Å². The summed E-state index contributed by atoms with van der Waals surface area (Å²) in [7, 11) is 0. The SMILES string of the molecule is CCCc1nn(CC(O)COc2ccc(Cl)cc2Cl)c(=O)o1. The molecule has 8 heteroatoms. The van der Waals surface area contributed by atoms with Crippen LogP contribution in [0.15, 0.2) is 27.4 Å². The summed E-state index contributed by atoms with van der Waals surface area (Å²) < 4.78 is 11.5. The smallest absolute Gasteiger partial charge is 0.437 e. The standard InChI is InChI=1S/C14H16Cl2N2O4/c1-2-3-13-17-18(14(20)22-13)7-10(19)8-21-12-5-4-9(15)6-11(12)16/h4-6,10,19H,2-3,7-8H2,1H3. The van der Waals surface area contributed by atoms with Crippen molar-refractivity contribution in [1.82, 2.24) is 9.78 Å². The van der Waals surface area contributed by atoms with Crippen molar-refractivity contribution >= 4 is 23.2 Å². The van der Waals surface area contributed by atoms with E-state index in [0.717, 1.165) is 11.1 Å². The van der Waals surface area contributed by atoms with Crippen LogP contribution in [0.25, 0.3) is 0 Å². The molecule has 0 saturated carbocycles. The molecule has 0 fully saturated rings. The maximum absolute atomic E-state index is 11.6. The number of benzene rings is 1. The fourth-order valence-corrected chi connectivity index (χ4v) is 2.27. The van der Waals surface area contributed by atoms with E-state index in [1.807, 2.05) is 6.92 Å². The molecule has 0 aliphatic carbocycles. The first-order valence-corrected chi connectivity index (χ1v) is 7.58. The highest BCUT2D eigenvalue weighted by Crippen LogP contribution is 2.27. The van der Waals surface area contributed by atoms with E-state index < -0.39 is 11.9 Å². The molecule has 0 spiro atoms. The first-order chi connectivity index (χ1) is 10.5. The van der Waals surface area contributed by atoms with Gasteiger partial charge in [0.1, 0.15) is 18.5 Å². The minimum absolute atomic E-state index is 0.0166. The number of aliphatic hydroxyl groups excluding tert-OH is 1. The van der Waals surface area contributed by atoms with Gasteiger partial charge in [0.25, 0.3) is 0 Å². The lowest BCUT2D eigenvalue weighted by Crippen LogP contribution is -2.29. The van der Waals surface area contributed by atoms with Crippen LogP contribution in [0.3, 0.4) is 0 Å². The maximum atomic E-state index is 11.6. The van der Waals surface area contributed by atoms with Crippen LogP contribution in [0.5, 0.6) is 5.75 Å². The predicted octanol–water partition coefficient (Wildman–Crippen LogP) is 2.54. The Morgan fingerprint density at radius 1 is 1.45 bits per heavy atom. The van der Waals surface area contributed by atoms with Crippen molar-refractivity contribution in [2.75, 3.05) is 6.61 Å². The second kappa shape index (κ2) is 7.67. The minimum Gasteiger partial charge on any atom is -0.489 e. The average Bonchev–Trinajstić information content (AvgIpc) is 2.78. The third kappa shape index (κ3) is 4.50. The van der Waals surface area contributed by atoms with E-state index in [0.29, 0.717) is 28.1 Å². The normalized spacial score (nSPS) is 12.4. The van der Waals surface area contributed by atoms with Gasteiger partial charge in [0.2, 0.25) is 5.89 Å². The first-order valence-electron chi connectivity index (χ1n) is 6.82. The number of rotatable bonds is 7. The predicted molar refractivity (Wildman–Crippen MR) is 82.7 cm³/mol. The number of aromatic nitrogens is 2. The summed E-state index contributed by atoms with van der Waals surface area (Å²) in [6, 6.07) is 4.79. The quantitative estimate of drug-likeness (QED) is 0.833. The van der Waals surface area contributed by atoms with E-state index in [1.165, 1.54) is 0 Å². The van der Waals surface area contributed by atoms with Crippen LogP contribution in [-0.4, -0.2) is 27.6 Å². The van der Waals surface area contributed by atoms with Gasteiger partial charge in [0.15, 0.2) is 0 Å². The average molecular weight is 347 g/mol. The van der Waals surface area contributed by atoms with Gasteiger partial charge in [-0.15, -0.1) is 5.10 Å². The molecule has 0 saturated heterocycles. The van der Waals surface area contributed by atoms with Gasteiger partial charge in [-0.3, -0.25) is 0 Å². The molecule has 6 nitrogen and oxygen atoms in total. The summed E-state index contributed by atoms with van der Waals surface area (Å²) >= 11 is 11.7. The summed E-state index contributed by atoms with van der Waals surface area (Å²) in [5, 5.41) is 14.8. The Morgan fingerprint density at radius 2 is 2.23 bits per heavy atom. The molecule has 0 bridgehead atoms. The fraction of sp³-hybridized carbons (Fsp3) is 0.429. The van der Waals surface area contributed by atoms with Gasteiger partial charge in [-0.05, 0) is 24.6 Å². The van der Waals surface area contributed by atoms with E-state index in [2.05, 4.69) is 5.10 Å². The van der Waals surface area contributed by atoms with E-state index in [9.17, 15) is 9.90 Å². The van der Waals surface area contributed by atoms with Gasteiger partial charge >= 0.3 is 5.76 Å². The molecule has 0 radical (unpaired) electrons. The lowest BCUT2D eigenvalue weighted by molar-refractivity contribution is 0.0876. The number of hydrogen-bond acceptors (Lipinski definition) is 5. The second-order valence-electron chi connectivity index (χ2n) is 4.73. The second-order valence-corrected chi connectivity index (χ2v) is 5.58. The summed E-state index contributed by atoms with van der Waals surface area (Å²) in [6.45, 7) is 1.90. The van der Waals surface area contributed by atoms with E-state index in [4.69, 9.17) is 32.4 Å². The van der Waals surface area contributed by atoms with Crippen LogP contribution >= 0.6 is 23.2 Å². The molecule has 1 aromatic heterocycles. The van der Waals surface area contributed by atoms with Crippen LogP contribution in [0.4, 0.5) is 0 Å². The molecule has 0 aliphatic heterocycles. The highest BCUT2D eigenvalue weighted by molar-refractivity contribution is 6.35. The van der Waals surface area contributed by atoms with Crippen molar-refractivity contribution in [3.8, 4) is 5.75 Å². The number of hydrogen-bond donors (Lipinski definition) is 1. The molecule has 1 N–H and O–H groups in total. The summed E-state index contributed by atoms with van der Waals surface area (Å²) in [5.74, 6) is 0.178. The first kappa shape index (κ1) is 16.9. The van der Waals surface area contributed by atoms with Crippen molar-refractivity contribution in [3.63, 3.8) is 0 Å². The fourth-order valence-electron chi connectivity index (χ4n) is 1.81. The molecule has 1 heterocycles. The van der Waals surface area contributed by atoms with E-state index in [-0.39, 0.29) is 13.2 Å². The summed E-state index contributed by atoms with van der Waals surface area (Å²) in [6.07, 6.45) is 0.472. The Morgan fingerprint density at radius 3 is 2.91 bits per heavy atom. The van der Waals surface area contributed by atoms with Crippen molar-refractivity contribution in [1.29, 1.82) is 0 Å². The van der Waals surface area contributed by atoms with Gasteiger partial charge < -0.3 is 14.3 Å². The molecule has 2 rings (SSSR count). The van der Waals surface area contributed by atoms with Gasteiger partial charge in [-0.1, -0.05) is 30.1 Å². The third-order valence-electron chi connectivity index (χ3n) is 2.82. The molecule has 22 heavy (non-hydrogen) atoms. The van der Waals surface area contributed by atoms with Crippen LogP contribution in [0.1, 0.15) is 19.2 Å². The van der Waals surface area contributed by atoms with E-state index in [1.54, 1.807) is 18.2 Å². The maximum Gasteiger partial charge on any atom is 0.437 e. The number of halogens is 2. The zero-order valence-electron chi connectivity index (χ0n) is 12.0. The van der Waals surface area contributed by atoms with Gasteiger partial charge in [0.05, 0.1) is 11.6 Å². The zero-order valence-corrected chi connectivity index (χ0v) is 13.5. The number of aliphatic hydroxyl groups is 1. The zero-order chi connectivity index (χ0) is 16.1. The van der Waals surface area contributed by atoms with Crippen molar-refractivity contribution in [2.45, 2.75) is 32.4 Å². The molecular weight excluding hydrogens is 331 g/mol.